The average Bonchev–Trinajstić information content (AvgIpc) is 2.93. The van der Waals surface area contributed by atoms with Crippen LogP contribution in [0.15, 0.2) is 91.0 Å². The third-order valence-corrected chi connectivity index (χ3v) is 5.48. The maximum absolute atomic E-state index is 11.1. The van der Waals surface area contributed by atoms with Gasteiger partial charge in [0.1, 0.15) is 12.6 Å². The second-order valence-electron chi connectivity index (χ2n) is 7.70. The second-order valence-corrected chi connectivity index (χ2v) is 7.70. The SMILES string of the molecule is N#Cc1ccc(C#N)c(C=Cc2ccc(N(c3ccc(C=O)cc3)c3ccc(C=O)cc3)cc2)c1. The fraction of sp³-hybridized carbons (Fsp3) is 0. The van der Waals surface area contributed by atoms with Crippen LogP contribution >= 0.6 is 0 Å². The van der Waals surface area contributed by atoms with E-state index in [1.165, 1.54) is 0 Å². The van der Waals surface area contributed by atoms with Crippen molar-refractivity contribution in [3.63, 3.8) is 0 Å². The lowest BCUT2D eigenvalue weighted by atomic mass is 10.0. The summed E-state index contributed by atoms with van der Waals surface area (Å²) in [5.41, 5.74) is 6.40. The van der Waals surface area contributed by atoms with E-state index < -0.39 is 0 Å². The van der Waals surface area contributed by atoms with Crippen molar-refractivity contribution < 1.29 is 9.59 Å². The number of nitrogens with zero attached hydrogens (tertiary/aromatic N) is 3. The molecule has 0 saturated carbocycles. The zero-order chi connectivity index (χ0) is 24.6. The Morgan fingerprint density at radius 1 is 0.571 bits per heavy atom. The predicted octanol–water partition coefficient (Wildman–Crippen LogP) is 6.70. The Morgan fingerprint density at radius 2 is 1.06 bits per heavy atom. The van der Waals surface area contributed by atoms with E-state index in [4.69, 9.17) is 5.26 Å². The van der Waals surface area contributed by atoms with Crippen molar-refractivity contribution in [3.8, 4) is 12.1 Å². The number of carbonyl (C=O) groups excluding carboxylic acids is 2. The molecule has 166 valence electrons. The molecule has 0 N–H and O–H groups in total. The minimum atomic E-state index is 0.496. The summed E-state index contributed by atoms with van der Waals surface area (Å²) in [5.74, 6) is 0. The Labute approximate surface area is 203 Å². The molecule has 0 aliphatic rings. The summed E-state index contributed by atoms with van der Waals surface area (Å²) in [7, 11) is 0. The van der Waals surface area contributed by atoms with Gasteiger partial charge in [0.05, 0.1) is 23.3 Å². The Hall–Kier alpha value is -5.26. The molecule has 0 atom stereocenters. The molecule has 0 fully saturated rings. The number of nitriles is 2. The van der Waals surface area contributed by atoms with Gasteiger partial charge in [-0.1, -0.05) is 24.3 Å². The van der Waals surface area contributed by atoms with Crippen LogP contribution in [0.2, 0.25) is 0 Å². The van der Waals surface area contributed by atoms with Crippen molar-refractivity contribution in [2.75, 3.05) is 4.90 Å². The first kappa shape index (κ1) is 22.9. The molecular formula is C30H19N3O2. The predicted molar refractivity (Wildman–Crippen MR) is 137 cm³/mol. The standard InChI is InChI=1S/C30H19N3O2/c31-18-25-2-10-27(19-32)26(17-25)9-1-22-3-11-28(12-4-22)33(29-13-5-23(20-34)6-14-29)30-15-7-24(21-35)8-16-30/h1-17,20-21H. The second kappa shape index (κ2) is 10.6. The highest BCUT2D eigenvalue weighted by molar-refractivity contribution is 5.83. The molecule has 0 amide bonds. The first-order valence-electron chi connectivity index (χ1n) is 10.8. The summed E-state index contributed by atoms with van der Waals surface area (Å²) in [5, 5.41) is 18.5. The molecule has 0 bridgehead atoms. The summed E-state index contributed by atoms with van der Waals surface area (Å²) >= 11 is 0. The van der Waals surface area contributed by atoms with Gasteiger partial charge in [-0.2, -0.15) is 10.5 Å². The summed E-state index contributed by atoms with van der Waals surface area (Å²) < 4.78 is 0. The molecular weight excluding hydrogens is 434 g/mol. The van der Waals surface area contributed by atoms with Gasteiger partial charge in [0.25, 0.3) is 0 Å². The zero-order valence-electron chi connectivity index (χ0n) is 18.6. The van der Waals surface area contributed by atoms with Crippen molar-refractivity contribution in [1.29, 1.82) is 10.5 Å². The molecule has 0 radical (unpaired) electrons. The van der Waals surface area contributed by atoms with Crippen LogP contribution in [0.25, 0.3) is 12.2 Å². The van der Waals surface area contributed by atoms with Crippen LogP contribution in [0.4, 0.5) is 17.1 Å². The lowest BCUT2D eigenvalue weighted by Gasteiger charge is -2.25. The van der Waals surface area contributed by atoms with Crippen molar-refractivity contribution >= 4 is 41.8 Å². The van der Waals surface area contributed by atoms with Crippen LogP contribution in [-0.4, -0.2) is 12.6 Å². The molecule has 4 rings (SSSR count). The van der Waals surface area contributed by atoms with Gasteiger partial charge in [-0.25, -0.2) is 0 Å². The van der Waals surface area contributed by atoms with Crippen LogP contribution in [0, 0.1) is 22.7 Å². The van der Waals surface area contributed by atoms with Crippen molar-refractivity contribution in [2.45, 2.75) is 0 Å². The topological polar surface area (TPSA) is 85.0 Å². The van der Waals surface area contributed by atoms with Crippen LogP contribution in [0.5, 0.6) is 0 Å². The number of hydrogen-bond donors (Lipinski definition) is 0. The van der Waals surface area contributed by atoms with Crippen molar-refractivity contribution in [2.24, 2.45) is 0 Å². The minimum absolute atomic E-state index is 0.496. The van der Waals surface area contributed by atoms with Gasteiger partial charge in [0, 0.05) is 28.2 Å². The van der Waals surface area contributed by atoms with Gasteiger partial charge in [-0.15, -0.1) is 0 Å². The normalized spacial score (nSPS) is 10.3. The fourth-order valence-electron chi connectivity index (χ4n) is 3.64. The van der Waals surface area contributed by atoms with Gasteiger partial charge in [-0.3, -0.25) is 9.59 Å². The fourth-order valence-corrected chi connectivity index (χ4v) is 3.64. The molecule has 0 heterocycles. The molecule has 0 aliphatic heterocycles. The van der Waals surface area contributed by atoms with Gasteiger partial charge >= 0.3 is 0 Å². The highest BCUT2D eigenvalue weighted by Crippen LogP contribution is 2.34. The van der Waals surface area contributed by atoms with E-state index in [1.807, 2.05) is 65.6 Å². The molecule has 5 nitrogen and oxygen atoms in total. The largest absolute Gasteiger partial charge is 0.311 e. The van der Waals surface area contributed by atoms with Gasteiger partial charge in [-0.05, 0) is 90.0 Å². The first-order chi connectivity index (χ1) is 17.1. The molecule has 4 aromatic carbocycles. The lowest BCUT2D eigenvalue weighted by molar-refractivity contribution is 0.111. The van der Waals surface area contributed by atoms with E-state index in [1.54, 1.807) is 42.5 Å². The first-order valence-corrected chi connectivity index (χ1v) is 10.8. The highest BCUT2D eigenvalue weighted by atomic mass is 16.1. The molecule has 0 saturated heterocycles. The Bertz CT molecular complexity index is 1420. The highest BCUT2D eigenvalue weighted by Gasteiger charge is 2.12. The molecule has 0 aliphatic carbocycles. The third kappa shape index (κ3) is 5.22. The summed E-state index contributed by atoms with van der Waals surface area (Å²) in [6.45, 7) is 0. The maximum atomic E-state index is 11.1. The average molecular weight is 454 g/mol. The smallest absolute Gasteiger partial charge is 0.150 e. The Morgan fingerprint density at radius 3 is 1.49 bits per heavy atom. The van der Waals surface area contributed by atoms with Crippen molar-refractivity contribution in [1.82, 2.24) is 0 Å². The number of carbonyl (C=O) groups is 2. The summed E-state index contributed by atoms with van der Waals surface area (Å²) in [4.78, 5) is 24.2. The van der Waals surface area contributed by atoms with Crippen LogP contribution in [0.3, 0.4) is 0 Å². The van der Waals surface area contributed by atoms with Gasteiger partial charge < -0.3 is 4.90 Å². The van der Waals surface area contributed by atoms with Crippen LogP contribution < -0.4 is 4.90 Å². The van der Waals surface area contributed by atoms with E-state index in [0.717, 1.165) is 35.2 Å². The van der Waals surface area contributed by atoms with Crippen LogP contribution in [-0.2, 0) is 0 Å². The monoisotopic (exact) mass is 453 g/mol. The van der Waals surface area contributed by atoms with Gasteiger partial charge in [0.2, 0.25) is 0 Å². The number of rotatable bonds is 7. The summed E-state index contributed by atoms with van der Waals surface area (Å²) in [6.07, 6.45) is 5.32. The number of hydrogen-bond acceptors (Lipinski definition) is 5. The number of anilines is 3. The maximum Gasteiger partial charge on any atom is 0.150 e. The molecule has 5 heteroatoms. The molecule has 35 heavy (non-hydrogen) atoms. The summed E-state index contributed by atoms with van der Waals surface area (Å²) in [6, 6.07) is 31.6. The van der Waals surface area contributed by atoms with E-state index in [0.29, 0.717) is 27.8 Å². The Balaban J connectivity index is 1.68. The molecule has 0 aromatic heterocycles. The van der Waals surface area contributed by atoms with E-state index in [2.05, 4.69) is 12.1 Å². The van der Waals surface area contributed by atoms with E-state index >= 15 is 0 Å². The van der Waals surface area contributed by atoms with Gasteiger partial charge in [0.15, 0.2) is 0 Å². The van der Waals surface area contributed by atoms with E-state index in [-0.39, 0.29) is 0 Å². The number of benzene rings is 4. The van der Waals surface area contributed by atoms with Crippen molar-refractivity contribution in [3.05, 3.63) is 124 Å². The zero-order valence-corrected chi connectivity index (χ0v) is 18.6. The lowest BCUT2D eigenvalue weighted by Crippen LogP contribution is -2.10. The minimum Gasteiger partial charge on any atom is -0.311 e. The molecule has 0 spiro atoms. The Kier molecular flexibility index (Phi) is 6.92. The van der Waals surface area contributed by atoms with E-state index in [9.17, 15) is 14.9 Å². The molecule has 0 unspecified atom stereocenters. The van der Waals surface area contributed by atoms with Crippen LogP contribution in [0.1, 0.15) is 43.0 Å². The number of aldehydes is 2. The molecule has 4 aromatic rings. The quantitative estimate of drug-likeness (QED) is 0.230. The third-order valence-electron chi connectivity index (χ3n) is 5.48.